The number of nitrogens with zero attached hydrogens (tertiary/aromatic N) is 2. The number of benzene rings is 2. The van der Waals surface area contributed by atoms with Crippen LogP contribution in [0.25, 0.3) is 0 Å². The fourth-order valence-electron chi connectivity index (χ4n) is 5.81. The van der Waals surface area contributed by atoms with Gasteiger partial charge in [0.25, 0.3) is 0 Å². The van der Waals surface area contributed by atoms with E-state index in [0.29, 0.717) is 36.9 Å². The largest absolute Gasteiger partial charge is 0.396 e. The van der Waals surface area contributed by atoms with E-state index in [2.05, 4.69) is 0 Å². The minimum absolute atomic E-state index is 0.0252. The molecule has 0 amide bonds. The molecular formula is C29H41ClN2O5S2. The Hall–Kier alpha value is -1.49. The van der Waals surface area contributed by atoms with Crippen molar-refractivity contribution in [2.24, 2.45) is 5.92 Å². The number of halogens is 1. The summed E-state index contributed by atoms with van der Waals surface area (Å²) in [6.07, 6.45) is 10.2. The highest BCUT2D eigenvalue weighted by atomic mass is 35.5. The topological polar surface area (TPSA) is 95.0 Å². The molecule has 0 aliphatic heterocycles. The monoisotopic (exact) mass is 596 g/mol. The normalized spacial score (nSPS) is 17.8. The van der Waals surface area contributed by atoms with Crippen LogP contribution in [0.4, 0.5) is 0 Å². The van der Waals surface area contributed by atoms with E-state index in [0.717, 1.165) is 56.9 Å². The van der Waals surface area contributed by atoms with Crippen LogP contribution in [0.3, 0.4) is 0 Å². The van der Waals surface area contributed by atoms with E-state index in [1.807, 2.05) is 12.1 Å². The van der Waals surface area contributed by atoms with E-state index in [1.165, 1.54) is 35.0 Å². The minimum atomic E-state index is -3.85. The van der Waals surface area contributed by atoms with Crippen LogP contribution in [0.5, 0.6) is 0 Å². The Morgan fingerprint density at radius 3 is 1.90 bits per heavy atom. The smallest absolute Gasteiger partial charge is 0.243 e. The lowest BCUT2D eigenvalue weighted by Gasteiger charge is -2.30. The lowest BCUT2D eigenvalue weighted by molar-refractivity contribution is 0.256. The summed E-state index contributed by atoms with van der Waals surface area (Å²) in [5.41, 5.74) is 0.857. The number of sulfonamides is 2. The van der Waals surface area contributed by atoms with Crippen LogP contribution in [-0.2, 0) is 26.6 Å². The number of rotatable bonds is 13. The van der Waals surface area contributed by atoms with Gasteiger partial charge in [-0.3, -0.25) is 0 Å². The molecule has 0 aromatic heterocycles. The summed E-state index contributed by atoms with van der Waals surface area (Å²) >= 11 is 6.03. The highest BCUT2D eigenvalue weighted by molar-refractivity contribution is 7.89. The van der Waals surface area contributed by atoms with Crippen LogP contribution in [0.2, 0.25) is 5.02 Å². The number of hydrogen-bond donors (Lipinski definition) is 1. The summed E-state index contributed by atoms with van der Waals surface area (Å²) in [6, 6.07) is 12.8. The van der Waals surface area contributed by atoms with Gasteiger partial charge in [0.05, 0.1) is 9.79 Å². The first kappa shape index (κ1) is 30.5. The highest BCUT2D eigenvalue weighted by Crippen LogP contribution is 2.32. The number of aliphatic hydroxyl groups excluding tert-OH is 1. The quantitative estimate of drug-likeness (QED) is 0.294. The molecule has 39 heavy (non-hydrogen) atoms. The van der Waals surface area contributed by atoms with Crippen molar-refractivity contribution in [3.05, 3.63) is 59.1 Å². The molecule has 4 rings (SSSR count). The van der Waals surface area contributed by atoms with Crippen molar-refractivity contribution in [3.63, 3.8) is 0 Å². The predicted molar refractivity (Wildman–Crippen MR) is 155 cm³/mol. The van der Waals surface area contributed by atoms with Gasteiger partial charge in [-0.2, -0.15) is 8.61 Å². The molecule has 0 unspecified atom stereocenters. The highest BCUT2D eigenvalue weighted by Gasteiger charge is 2.34. The maximum absolute atomic E-state index is 13.8. The second-order valence-electron chi connectivity index (χ2n) is 10.9. The summed E-state index contributed by atoms with van der Waals surface area (Å²) in [7, 11) is -7.65. The van der Waals surface area contributed by atoms with Crippen molar-refractivity contribution in [3.8, 4) is 0 Å². The van der Waals surface area contributed by atoms with E-state index < -0.39 is 20.0 Å². The van der Waals surface area contributed by atoms with E-state index in [-0.39, 0.29) is 29.0 Å². The van der Waals surface area contributed by atoms with E-state index in [9.17, 15) is 21.9 Å². The predicted octanol–water partition coefficient (Wildman–Crippen LogP) is 5.82. The van der Waals surface area contributed by atoms with E-state index >= 15 is 0 Å². The van der Waals surface area contributed by atoms with Crippen molar-refractivity contribution >= 4 is 31.6 Å². The van der Waals surface area contributed by atoms with Gasteiger partial charge < -0.3 is 5.11 Å². The molecule has 0 saturated heterocycles. The van der Waals surface area contributed by atoms with Crippen molar-refractivity contribution in [2.75, 3.05) is 19.7 Å². The van der Waals surface area contributed by atoms with Gasteiger partial charge in [-0.15, -0.1) is 0 Å². The van der Waals surface area contributed by atoms with Gasteiger partial charge in [-0.1, -0.05) is 55.8 Å². The summed E-state index contributed by atoms with van der Waals surface area (Å²) in [4.78, 5) is 0.202. The van der Waals surface area contributed by atoms with Crippen molar-refractivity contribution < 1.29 is 21.9 Å². The maximum Gasteiger partial charge on any atom is 0.243 e. The lowest BCUT2D eigenvalue weighted by Crippen LogP contribution is -2.38. The second kappa shape index (κ2) is 13.9. The molecule has 2 saturated carbocycles. The van der Waals surface area contributed by atoms with Crippen LogP contribution < -0.4 is 0 Å². The Morgan fingerprint density at radius 2 is 1.31 bits per heavy atom. The SMILES string of the molecule is O=S(=O)(c1ccc(S(=O)(=O)N(Cc2ccc(Cl)cc2)C2CCCC2)cc1)N(CCCCO)CC1CCCCC1. The number of hydrogen-bond acceptors (Lipinski definition) is 5. The Balaban J connectivity index is 1.57. The first-order chi connectivity index (χ1) is 18.7. The standard InChI is InChI=1S/C29H41ClN2O5S2/c30-26-14-12-25(13-15-26)23-32(27-10-4-5-11-27)39(36,37)29-18-16-28(17-19-29)38(34,35)31(20-6-7-21-33)22-24-8-2-1-3-9-24/h12-19,24,27,33H,1-11,20-23H2. The van der Waals surface area contributed by atoms with Gasteiger partial charge in [0.1, 0.15) is 0 Å². The molecule has 2 aliphatic rings. The summed E-state index contributed by atoms with van der Waals surface area (Å²) in [5.74, 6) is 0.329. The van der Waals surface area contributed by atoms with Crippen molar-refractivity contribution in [1.29, 1.82) is 0 Å². The molecule has 1 N–H and O–H groups in total. The molecule has 0 heterocycles. The Kier molecular flexibility index (Phi) is 10.9. The van der Waals surface area contributed by atoms with Gasteiger partial charge in [0.2, 0.25) is 20.0 Å². The van der Waals surface area contributed by atoms with E-state index in [4.69, 9.17) is 11.6 Å². The van der Waals surface area contributed by atoms with Crippen LogP contribution in [-0.4, -0.2) is 56.3 Å². The Morgan fingerprint density at radius 1 is 0.744 bits per heavy atom. The molecule has 2 aliphatic carbocycles. The Labute approximate surface area is 239 Å². The van der Waals surface area contributed by atoms with Crippen LogP contribution in [0.1, 0.15) is 76.2 Å². The molecule has 0 bridgehead atoms. The third kappa shape index (κ3) is 7.83. The lowest BCUT2D eigenvalue weighted by atomic mass is 9.89. The van der Waals surface area contributed by atoms with Gasteiger partial charge in [0, 0.05) is 37.3 Å². The molecule has 10 heteroatoms. The molecule has 216 valence electrons. The summed E-state index contributed by atoms with van der Waals surface area (Å²) < 4.78 is 58.1. The molecule has 2 fully saturated rings. The molecule has 0 radical (unpaired) electrons. The zero-order valence-electron chi connectivity index (χ0n) is 22.5. The molecule has 2 aromatic rings. The number of unbranched alkanes of at least 4 members (excludes halogenated alkanes) is 1. The van der Waals surface area contributed by atoms with Gasteiger partial charge >= 0.3 is 0 Å². The van der Waals surface area contributed by atoms with Crippen molar-refractivity contribution in [1.82, 2.24) is 8.61 Å². The third-order valence-electron chi connectivity index (χ3n) is 8.05. The fourth-order valence-corrected chi connectivity index (χ4v) is 9.16. The third-order valence-corrected chi connectivity index (χ3v) is 12.1. The number of aliphatic hydroxyl groups is 1. The minimum Gasteiger partial charge on any atom is -0.396 e. The molecular weight excluding hydrogens is 556 g/mol. The average molecular weight is 597 g/mol. The van der Waals surface area contributed by atoms with Crippen LogP contribution in [0.15, 0.2) is 58.3 Å². The molecule has 7 nitrogen and oxygen atoms in total. The van der Waals surface area contributed by atoms with Crippen molar-refractivity contribution in [2.45, 2.75) is 93.0 Å². The van der Waals surface area contributed by atoms with Gasteiger partial charge in [-0.25, -0.2) is 16.8 Å². The van der Waals surface area contributed by atoms with Crippen LogP contribution >= 0.6 is 11.6 Å². The summed E-state index contributed by atoms with van der Waals surface area (Å²) in [6.45, 7) is 1.07. The fraction of sp³-hybridized carbons (Fsp3) is 0.586. The molecule has 0 atom stereocenters. The first-order valence-corrected chi connectivity index (χ1v) is 17.4. The zero-order valence-corrected chi connectivity index (χ0v) is 24.9. The molecule has 2 aromatic carbocycles. The summed E-state index contributed by atoms with van der Waals surface area (Å²) in [5, 5.41) is 9.82. The van der Waals surface area contributed by atoms with E-state index in [1.54, 1.807) is 16.4 Å². The maximum atomic E-state index is 13.8. The van der Waals surface area contributed by atoms with Gasteiger partial charge in [0.15, 0.2) is 0 Å². The zero-order chi connectivity index (χ0) is 27.9. The molecule has 0 spiro atoms. The van der Waals surface area contributed by atoms with Gasteiger partial charge in [-0.05, 0) is 86.4 Å². The second-order valence-corrected chi connectivity index (χ2v) is 15.1. The Bertz CT molecular complexity index is 1260. The van der Waals surface area contributed by atoms with Crippen LogP contribution in [0, 0.1) is 5.92 Å². The average Bonchev–Trinajstić information content (AvgIpc) is 3.47. The first-order valence-electron chi connectivity index (χ1n) is 14.2.